The van der Waals surface area contributed by atoms with E-state index >= 15 is 0 Å². The first-order chi connectivity index (χ1) is 12.0. The van der Waals surface area contributed by atoms with Crippen LogP contribution in [0.1, 0.15) is 12.5 Å². The number of rotatable bonds is 2. The van der Waals surface area contributed by atoms with Crippen LogP contribution in [0.5, 0.6) is 0 Å². The molecule has 3 nitrogen and oxygen atoms in total. The van der Waals surface area contributed by atoms with Crippen molar-refractivity contribution in [3.8, 4) is 0 Å². The molecule has 2 aromatic carbocycles. The molecular formula is C18H14F2N2OS2. The molecule has 7 heteroatoms. The molecule has 2 aliphatic heterocycles. The fraction of sp³-hybridized carbons (Fsp3) is 0.222. The van der Waals surface area contributed by atoms with E-state index in [9.17, 15) is 13.6 Å². The number of hydrogen-bond donors (Lipinski definition) is 0. The van der Waals surface area contributed by atoms with Crippen molar-refractivity contribution in [1.82, 2.24) is 5.01 Å². The summed E-state index contributed by atoms with van der Waals surface area (Å²) in [6.07, 6.45) is 0. The van der Waals surface area contributed by atoms with Gasteiger partial charge in [0.05, 0.1) is 5.71 Å². The molecule has 4 rings (SSSR count). The van der Waals surface area contributed by atoms with Gasteiger partial charge < -0.3 is 0 Å². The highest BCUT2D eigenvalue weighted by Gasteiger charge is 2.43. The van der Waals surface area contributed by atoms with E-state index in [4.69, 9.17) is 0 Å². The standard InChI is InChI=1S/C18H14F2N2OS2/c1-10(23)22-18(25-13-5-2-11(19)3-6-13)15-9-24-16-7-4-12(20)8-14(16)17(15)21-22/h2-8,15,18H,9H2,1H3/t15-,18-/m0/s1. The Morgan fingerprint density at radius 3 is 2.64 bits per heavy atom. The third kappa shape index (κ3) is 3.06. The van der Waals surface area contributed by atoms with E-state index in [0.717, 1.165) is 26.8 Å². The van der Waals surface area contributed by atoms with Crippen LogP contribution in [0.4, 0.5) is 8.78 Å². The lowest BCUT2D eigenvalue weighted by molar-refractivity contribution is -0.129. The largest absolute Gasteiger partial charge is 0.273 e. The molecule has 0 aliphatic carbocycles. The van der Waals surface area contributed by atoms with E-state index in [2.05, 4.69) is 5.10 Å². The lowest BCUT2D eigenvalue weighted by atomic mass is 9.98. The Balaban J connectivity index is 1.70. The highest BCUT2D eigenvalue weighted by atomic mass is 32.2. The molecule has 0 N–H and O–H groups in total. The third-order valence-electron chi connectivity index (χ3n) is 4.18. The molecule has 2 heterocycles. The zero-order valence-electron chi connectivity index (χ0n) is 13.3. The van der Waals surface area contributed by atoms with Crippen molar-refractivity contribution in [2.24, 2.45) is 11.0 Å². The number of amides is 1. The second kappa shape index (κ2) is 6.46. The molecule has 2 atom stereocenters. The summed E-state index contributed by atoms with van der Waals surface area (Å²) in [4.78, 5) is 13.9. The van der Waals surface area contributed by atoms with Crippen molar-refractivity contribution in [2.45, 2.75) is 22.1 Å². The molecule has 0 aromatic heterocycles. The molecule has 0 radical (unpaired) electrons. The Bertz CT molecular complexity index is 870. The minimum atomic E-state index is -0.313. The summed E-state index contributed by atoms with van der Waals surface area (Å²) in [5.74, 6) is -0.0108. The number of thioether (sulfide) groups is 2. The number of fused-ring (bicyclic) bond motifs is 3. The van der Waals surface area contributed by atoms with Crippen LogP contribution in [0, 0.1) is 17.6 Å². The minimum Gasteiger partial charge on any atom is -0.273 e. The van der Waals surface area contributed by atoms with Crippen LogP contribution in [0.2, 0.25) is 0 Å². The van der Waals surface area contributed by atoms with Gasteiger partial charge in [0.15, 0.2) is 0 Å². The van der Waals surface area contributed by atoms with Gasteiger partial charge in [0.2, 0.25) is 5.91 Å². The molecule has 0 fully saturated rings. The van der Waals surface area contributed by atoms with Gasteiger partial charge in [-0.25, -0.2) is 13.8 Å². The molecule has 128 valence electrons. The molecule has 0 saturated carbocycles. The Morgan fingerprint density at radius 1 is 1.20 bits per heavy atom. The zero-order chi connectivity index (χ0) is 17.6. The molecule has 2 aliphatic rings. The number of hydrazone groups is 1. The van der Waals surface area contributed by atoms with Gasteiger partial charge in [-0.05, 0) is 42.5 Å². The summed E-state index contributed by atoms with van der Waals surface area (Å²) in [7, 11) is 0. The maximum atomic E-state index is 13.7. The minimum absolute atomic E-state index is 0.00162. The number of nitrogens with zero attached hydrogens (tertiary/aromatic N) is 2. The third-order valence-corrected chi connectivity index (χ3v) is 6.69. The first-order valence-corrected chi connectivity index (χ1v) is 9.63. The van der Waals surface area contributed by atoms with Crippen molar-refractivity contribution in [2.75, 3.05) is 5.75 Å². The Morgan fingerprint density at radius 2 is 1.92 bits per heavy atom. The van der Waals surface area contributed by atoms with Crippen molar-refractivity contribution in [1.29, 1.82) is 0 Å². The monoisotopic (exact) mass is 376 g/mol. The Kier molecular flexibility index (Phi) is 4.29. The zero-order valence-corrected chi connectivity index (χ0v) is 14.9. The number of carbonyl (C=O) groups excluding carboxylic acids is 1. The highest BCUT2D eigenvalue weighted by Crippen LogP contribution is 2.44. The van der Waals surface area contributed by atoms with Crippen LogP contribution < -0.4 is 0 Å². The smallest absolute Gasteiger partial charge is 0.240 e. The van der Waals surface area contributed by atoms with E-state index in [-0.39, 0.29) is 28.8 Å². The van der Waals surface area contributed by atoms with Crippen LogP contribution in [0.15, 0.2) is 57.4 Å². The molecule has 0 unspecified atom stereocenters. The second-order valence-corrected chi connectivity index (χ2v) is 8.12. The van der Waals surface area contributed by atoms with Gasteiger partial charge in [0.25, 0.3) is 0 Å². The van der Waals surface area contributed by atoms with E-state index in [1.54, 1.807) is 30.0 Å². The lowest BCUT2D eigenvalue weighted by Crippen LogP contribution is -2.35. The predicted octanol–water partition coefficient (Wildman–Crippen LogP) is 4.37. The van der Waals surface area contributed by atoms with Crippen LogP contribution in [0.25, 0.3) is 0 Å². The lowest BCUT2D eigenvalue weighted by Gasteiger charge is -2.28. The van der Waals surface area contributed by atoms with Gasteiger partial charge in [0.1, 0.15) is 17.0 Å². The summed E-state index contributed by atoms with van der Waals surface area (Å²) in [5.41, 5.74) is 1.51. The normalized spacial score (nSPS) is 21.6. The van der Waals surface area contributed by atoms with E-state index < -0.39 is 0 Å². The Hall–Kier alpha value is -1.86. The molecule has 25 heavy (non-hydrogen) atoms. The van der Waals surface area contributed by atoms with Crippen molar-refractivity contribution >= 4 is 35.1 Å². The van der Waals surface area contributed by atoms with Crippen molar-refractivity contribution < 1.29 is 13.6 Å². The van der Waals surface area contributed by atoms with Crippen molar-refractivity contribution in [3.05, 3.63) is 59.7 Å². The average molecular weight is 376 g/mol. The van der Waals surface area contributed by atoms with E-state index in [0.29, 0.717) is 0 Å². The molecule has 2 aromatic rings. The van der Waals surface area contributed by atoms with Crippen molar-refractivity contribution in [3.63, 3.8) is 0 Å². The highest BCUT2D eigenvalue weighted by molar-refractivity contribution is 8.00. The molecule has 0 saturated heterocycles. The predicted molar refractivity (Wildman–Crippen MR) is 95.7 cm³/mol. The average Bonchev–Trinajstić information content (AvgIpc) is 2.96. The molecule has 0 bridgehead atoms. The summed E-state index contributed by atoms with van der Waals surface area (Å²) in [6.45, 7) is 1.47. The summed E-state index contributed by atoms with van der Waals surface area (Å²) < 4.78 is 26.8. The van der Waals surface area contributed by atoms with Gasteiger partial charge in [-0.3, -0.25) is 4.79 Å². The van der Waals surface area contributed by atoms with E-state index in [1.165, 1.54) is 48.0 Å². The molecular weight excluding hydrogens is 362 g/mol. The van der Waals surface area contributed by atoms with Crippen LogP contribution in [-0.2, 0) is 4.79 Å². The Labute approximate surface area is 152 Å². The van der Waals surface area contributed by atoms with Gasteiger partial charge in [0, 0.05) is 33.9 Å². The van der Waals surface area contributed by atoms with Gasteiger partial charge in [-0.1, -0.05) is 11.8 Å². The van der Waals surface area contributed by atoms with Gasteiger partial charge in [-0.15, -0.1) is 11.8 Å². The first-order valence-electron chi connectivity index (χ1n) is 7.76. The SMILES string of the molecule is CC(=O)N1N=C2c3cc(F)ccc3SC[C@@H]2[C@@H]1Sc1ccc(F)cc1. The second-order valence-electron chi connectivity index (χ2n) is 5.87. The van der Waals surface area contributed by atoms with E-state index in [1.807, 2.05) is 0 Å². The van der Waals surface area contributed by atoms with Gasteiger partial charge >= 0.3 is 0 Å². The number of carbonyl (C=O) groups is 1. The quantitative estimate of drug-likeness (QED) is 0.780. The maximum absolute atomic E-state index is 13.7. The van der Waals surface area contributed by atoms with Crippen LogP contribution in [0.3, 0.4) is 0 Å². The topological polar surface area (TPSA) is 32.7 Å². The van der Waals surface area contributed by atoms with Crippen LogP contribution in [-0.4, -0.2) is 27.8 Å². The summed E-state index contributed by atoms with van der Waals surface area (Å²) >= 11 is 3.12. The fourth-order valence-electron chi connectivity index (χ4n) is 3.01. The summed E-state index contributed by atoms with van der Waals surface area (Å²) in [5, 5.41) is 5.76. The number of halogens is 2. The van der Waals surface area contributed by atoms with Crippen LogP contribution >= 0.6 is 23.5 Å². The summed E-state index contributed by atoms with van der Waals surface area (Å²) in [6, 6.07) is 10.9. The fourth-order valence-corrected chi connectivity index (χ4v) is 5.57. The van der Waals surface area contributed by atoms with Gasteiger partial charge in [-0.2, -0.15) is 5.10 Å². The molecule has 1 amide bonds. The first kappa shape index (κ1) is 16.6. The maximum Gasteiger partial charge on any atom is 0.240 e. The number of hydrogen-bond acceptors (Lipinski definition) is 4. The molecule has 0 spiro atoms. The number of benzene rings is 2.